The third-order valence-corrected chi connectivity index (χ3v) is 10.4. The van der Waals surface area contributed by atoms with Crippen LogP contribution in [0.15, 0.2) is 108 Å². The van der Waals surface area contributed by atoms with Crippen molar-refractivity contribution in [3.63, 3.8) is 0 Å². The predicted octanol–water partition coefficient (Wildman–Crippen LogP) is 6.34. The Morgan fingerprint density at radius 1 is 0.848 bits per heavy atom. The lowest BCUT2D eigenvalue weighted by atomic mass is 10.0. The number of benzene rings is 4. The SMILES string of the molecule is Cc1ccc(S(=O)(=O)N(CC(=O)N(Cc2ccccc2C)[C@H](Cc2ccccc2)C(=O)NC2CCCC2)c2ccc(F)cc2)cc1. The molecule has 1 fully saturated rings. The number of hydrogen-bond donors (Lipinski definition) is 1. The van der Waals surface area contributed by atoms with Gasteiger partial charge in [-0.25, -0.2) is 12.8 Å². The number of hydrogen-bond acceptors (Lipinski definition) is 4. The fourth-order valence-corrected chi connectivity index (χ4v) is 7.28. The van der Waals surface area contributed by atoms with E-state index in [4.69, 9.17) is 0 Å². The molecule has 0 radical (unpaired) electrons. The summed E-state index contributed by atoms with van der Waals surface area (Å²) in [6.07, 6.45) is 4.07. The van der Waals surface area contributed by atoms with Gasteiger partial charge in [-0.05, 0) is 79.8 Å². The number of carbonyl (C=O) groups is 2. The van der Waals surface area contributed by atoms with Gasteiger partial charge in [0.05, 0.1) is 10.6 Å². The molecular weight excluding hydrogens is 601 g/mol. The quantitative estimate of drug-likeness (QED) is 0.196. The van der Waals surface area contributed by atoms with Crippen LogP contribution in [-0.2, 0) is 32.6 Å². The number of amides is 2. The van der Waals surface area contributed by atoms with Crippen LogP contribution in [0, 0.1) is 19.7 Å². The van der Waals surface area contributed by atoms with Crippen molar-refractivity contribution >= 4 is 27.5 Å². The summed E-state index contributed by atoms with van der Waals surface area (Å²) >= 11 is 0. The van der Waals surface area contributed by atoms with E-state index in [1.165, 1.54) is 29.2 Å². The Labute approximate surface area is 271 Å². The van der Waals surface area contributed by atoms with Crippen LogP contribution < -0.4 is 9.62 Å². The average Bonchev–Trinajstić information content (AvgIpc) is 3.56. The normalized spacial score (nSPS) is 14.1. The standard InChI is InChI=1S/C37H40FN3O4S/c1-27-16-22-34(23-17-27)46(44,45)41(33-20-18-31(38)19-21-33)26-36(42)40(25-30-13-7-6-10-28(30)2)35(24-29-11-4-3-5-12-29)37(43)39-32-14-8-9-15-32/h3-7,10-13,16-23,32,35H,8-9,14-15,24-26H2,1-2H3,(H,39,43)/t35-/m1/s1. The first-order chi connectivity index (χ1) is 22.1. The smallest absolute Gasteiger partial charge is 0.264 e. The zero-order valence-corrected chi connectivity index (χ0v) is 27.0. The molecule has 0 aliphatic heterocycles. The first-order valence-electron chi connectivity index (χ1n) is 15.6. The molecule has 46 heavy (non-hydrogen) atoms. The van der Waals surface area contributed by atoms with E-state index < -0.39 is 34.3 Å². The molecule has 240 valence electrons. The molecule has 7 nitrogen and oxygen atoms in total. The van der Waals surface area contributed by atoms with Crippen molar-refractivity contribution in [3.8, 4) is 0 Å². The van der Waals surface area contributed by atoms with Crippen LogP contribution >= 0.6 is 0 Å². The van der Waals surface area contributed by atoms with E-state index in [0.29, 0.717) is 0 Å². The van der Waals surface area contributed by atoms with E-state index in [2.05, 4.69) is 5.32 Å². The zero-order valence-electron chi connectivity index (χ0n) is 26.2. The van der Waals surface area contributed by atoms with Gasteiger partial charge in [0.1, 0.15) is 18.4 Å². The zero-order chi connectivity index (χ0) is 32.7. The summed E-state index contributed by atoms with van der Waals surface area (Å²) < 4.78 is 43.2. The van der Waals surface area contributed by atoms with Gasteiger partial charge in [-0.1, -0.05) is 85.1 Å². The van der Waals surface area contributed by atoms with Gasteiger partial charge in [-0.2, -0.15) is 0 Å². The third-order valence-electron chi connectivity index (χ3n) is 8.58. The second-order valence-corrected chi connectivity index (χ2v) is 13.8. The summed E-state index contributed by atoms with van der Waals surface area (Å²) in [5.41, 5.74) is 3.68. The molecule has 0 aromatic heterocycles. The van der Waals surface area contributed by atoms with Gasteiger partial charge < -0.3 is 10.2 Å². The summed E-state index contributed by atoms with van der Waals surface area (Å²) in [6, 6.07) is 27.6. The van der Waals surface area contributed by atoms with Crippen molar-refractivity contribution in [2.24, 2.45) is 0 Å². The highest BCUT2D eigenvalue weighted by Gasteiger charge is 2.35. The maximum absolute atomic E-state index is 14.6. The van der Waals surface area contributed by atoms with Gasteiger partial charge in [0.2, 0.25) is 11.8 Å². The minimum atomic E-state index is -4.25. The first-order valence-corrected chi connectivity index (χ1v) is 17.1. The second-order valence-electron chi connectivity index (χ2n) is 11.9. The molecule has 0 unspecified atom stereocenters. The number of nitrogens with one attached hydrogen (secondary N) is 1. The van der Waals surface area contributed by atoms with Crippen molar-refractivity contribution in [2.45, 2.75) is 69.5 Å². The van der Waals surface area contributed by atoms with Crippen molar-refractivity contribution < 1.29 is 22.4 Å². The Hall–Kier alpha value is -4.50. The number of nitrogens with zero attached hydrogens (tertiary/aromatic N) is 2. The molecule has 4 aromatic carbocycles. The summed E-state index contributed by atoms with van der Waals surface area (Å²) in [7, 11) is -4.25. The molecule has 1 aliphatic rings. The minimum Gasteiger partial charge on any atom is -0.352 e. The Morgan fingerprint density at radius 3 is 2.13 bits per heavy atom. The molecule has 1 saturated carbocycles. The molecular formula is C37H40FN3O4S. The Bertz CT molecular complexity index is 1740. The van der Waals surface area contributed by atoms with E-state index in [1.54, 1.807) is 12.1 Å². The molecule has 5 rings (SSSR count). The van der Waals surface area contributed by atoms with Crippen molar-refractivity contribution in [2.75, 3.05) is 10.8 Å². The van der Waals surface area contributed by atoms with Crippen LogP contribution in [0.4, 0.5) is 10.1 Å². The molecule has 0 heterocycles. The highest BCUT2D eigenvalue weighted by Crippen LogP contribution is 2.26. The molecule has 1 N–H and O–H groups in total. The minimum absolute atomic E-state index is 0.000454. The number of sulfonamides is 1. The molecule has 9 heteroatoms. The van der Waals surface area contributed by atoms with Gasteiger partial charge >= 0.3 is 0 Å². The maximum atomic E-state index is 14.6. The highest BCUT2D eigenvalue weighted by molar-refractivity contribution is 7.92. The molecule has 1 aliphatic carbocycles. The predicted molar refractivity (Wildman–Crippen MR) is 178 cm³/mol. The molecule has 4 aromatic rings. The highest BCUT2D eigenvalue weighted by atomic mass is 32.2. The summed E-state index contributed by atoms with van der Waals surface area (Å²) in [6.45, 7) is 3.30. The molecule has 0 spiro atoms. The lowest BCUT2D eigenvalue weighted by Gasteiger charge is -2.34. The van der Waals surface area contributed by atoms with E-state index in [1.807, 2.05) is 68.4 Å². The van der Waals surface area contributed by atoms with Crippen molar-refractivity contribution in [1.82, 2.24) is 10.2 Å². The first kappa shape index (κ1) is 32.9. The van der Waals surface area contributed by atoms with Crippen LogP contribution in [0.2, 0.25) is 0 Å². The van der Waals surface area contributed by atoms with Gasteiger partial charge in [0.15, 0.2) is 0 Å². The molecule has 0 saturated heterocycles. The number of aryl methyl sites for hydroxylation is 2. The number of rotatable bonds is 12. The third kappa shape index (κ3) is 8.01. The van der Waals surface area contributed by atoms with E-state index in [-0.39, 0.29) is 35.5 Å². The number of carbonyl (C=O) groups excluding carboxylic acids is 2. The van der Waals surface area contributed by atoms with Crippen LogP contribution in [0.5, 0.6) is 0 Å². The average molecular weight is 642 g/mol. The van der Waals surface area contributed by atoms with Gasteiger partial charge in [0, 0.05) is 19.0 Å². The second kappa shape index (κ2) is 14.7. The fraction of sp³-hybridized carbons (Fsp3) is 0.297. The van der Waals surface area contributed by atoms with Crippen LogP contribution in [0.25, 0.3) is 0 Å². The number of anilines is 1. The fourth-order valence-electron chi connectivity index (χ4n) is 5.87. The Morgan fingerprint density at radius 2 is 1.48 bits per heavy atom. The van der Waals surface area contributed by atoms with Gasteiger partial charge in [-0.15, -0.1) is 0 Å². The van der Waals surface area contributed by atoms with E-state index in [0.717, 1.165) is 64.4 Å². The van der Waals surface area contributed by atoms with Gasteiger partial charge in [-0.3, -0.25) is 13.9 Å². The van der Waals surface area contributed by atoms with E-state index >= 15 is 0 Å². The maximum Gasteiger partial charge on any atom is 0.264 e. The van der Waals surface area contributed by atoms with E-state index in [9.17, 15) is 22.4 Å². The van der Waals surface area contributed by atoms with Crippen molar-refractivity contribution in [3.05, 3.63) is 131 Å². The molecule has 0 bridgehead atoms. The van der Waals surface area contributed by atoms with Gasteiger partial charge in [0.25, 0.3) is 10.0 Å². The van der Waals surface area contributed by atoms with Crippen molar-refractivity contribution in [1.29, 1.82) is 0 Å². The monoisotopic (exact) mass is 641 g/mol. The number of halogens is 1. The molecule has 2 amide bonds. The van der Waals surface area contributed by atoms with Crippen LogP contribution in [-0.4, -0.2) is 43.8 Å². The summed E-state index contributed by atoms with van der Waals surface area (Å²) in [4.78, 5) is 30.2. The summed E-state index contributed by atoms with van der Waals surface area (Å²) in [5, 5.41) is 3.18. The summed E-state index contributed by atoms with van der Waals surface area (Å²) in [5.74, 6) is -1.35. The molecule has 1 atom stereocenters. The van der Waals surface area contributed by atoms with Crippen LogP contribution in [0.3, 0.4) is 0 Å². The topological polar surface area (TPSA) is 86.8 Å². The van der Waals surface area contributed by atoms with Crippen LogP contribution in [0.1, 0.15) is 47.9 Å². The largest absolute Gasteiger partial charge is 0.352 e. The lowest BCUT2D eigenvalue weighted by Crippen LogP contribution is -2.54. The Kier molecular flexibility index (Phi) is 10.5. The lowest BCUT2D eigenvalue weighted by molar-refractivity contribution is -0.140. The Balaban J connectivity index is 1.57.